The molecular weight excluding hydrogens is 377 g/mol. The van der Waals surface area contributed by atoms with E-state index in [-0.39, 0.29) is 17.5 Å². The van der Waals surface area contributed by atoms with E-state index < -0.39 is 0 Å². The SMILES string of the molecule is CCC(C)(Pc1ccc(C)cc1CNC(C)(C)C)c1cc(C)ccc1OCOC. The number of nitrogens with one attached hydrogen (secondary N) is 1. The number of ether oxygens (including phenoxy) is 2. The summed E-state index contributed by atoms with van der Waals surface area (Å²) < 4.78 is 11.1. The third-order valence-corrected chi connectivity index (χ3v) is 7.18. The molecule has 29 heavy (non-hydrogen) atoms. The molecule has 4 heteroatoms. The second-order valence-corrected chi connectivity index (χ2v) is 11.0. The zero-order valence-electron chi connectivity index (χ0n) is 19.4. The fourth-order valence-electron chi connectivity index (χ4n) is 3.32. The van der Waals surface area contributed by atoms with Crippen molar-refractivity contribution in [2.75, 3.05) is 13.9 Å². The van der Waals surface area contributed by atoms with Gasteiger partial charge in [0.2, 0.25) is 0 Å². The maximum absolute atomic E-state index is 5.94. The molecule has 2 aromatic rings. The summed E-state index contributed by atoms with van der Waals surface area (Å²) in [7, 11) is 2.31. The van der Waals surface area contributed by atoms with E-state index in [0.717, 1.165) is 18.7 Å². The Balaban J connectivity index is 2.42. The molecule has 0 heterocycles. The van der Waals surface area contributed by atoms with E-state index in [1.54, 1.807) is 7.11 Å². The summed E-state index contributed by atoms with van der Waals surface area (Å²) in [6.07, 6.45) is 1.04. The molecule has 0 radical (unpaired) electrons. The van der Waals surface area contributed by atoms with Crippen LogP contribution >= 0.6 is 8.58 Å². The van der Waals surface area contributed by atoms with Crippen molar-refractivity contribution in [2.24, 2.45) is 0 Å². The average molecular weight is 416 g/mol. The van der Waals surface area contributed by atoms with Gasteiger partial charge in [-0.05, 0) is 58.0 Å². The van der Waals surface area contributed by atoms with Crippen molar-refractivity contribution in [1.82, 2.24) is 5.32 Å². The summed E-state index contributed by atoms with van der Waals surface area (Å²) in [5.41, 5.74) is 5.32. The van der Waals surface area contributed by atoms with E-state index >= 15 is 0 Å². The molecule has 2 atom stereocenters. The summed E-state index contributed by atoms with van der Waals surface area (Å²) in [4.78, 5) is 0. The molecule has 0 bridgehead atoms. The van der Waals surface area contributed by atoms with Crippen LogP contribution in [0, 0.1) is 13.8 Å². The Kier molecular flexibility index (Phi) is 8.28. The zero-order chi connectivity index (χ0) is 21.7. The second kappa shape index (κ2) is 10.1. The van der Waals surface area contributed by atoms with Gasteiger partial charge in [0.15, 0.2) is 6.79 Å². The topological polar surface area (TPSA) is 30.5 Å². The monoisotopic (exact) mass is 415 g/mol. The highest BCUT2D eigenvalue weighted by Gasteiger charge is 2.30. The van der Waals surface area contributed by atoms with E-state index in [1.165, 1.54) is 27.6 Å². The molecule has 0 aliphatic rings. The van der Waals surface area contributed by atoms with Gasteiger partial charge in [0.05, 0.1) is 0 Å². The molecular formula is C25H38NO2P. The predicted molar refractivity (Wildman–Crippen MR) is 127 cm³/mol. The Bertz CT molecular complexity index is 813. The fraction of sp³-hybridized carbons (Fsp3) is 0.520. The molecule has 1 N–H and O–H groups in total. The standard InChI is InChI=1S/C25H38NO2P/c1-9-25(7,21-15-19(3)10-12-22(21)28-17-27-8)29-23-13-11-18(2)14-20(23)16-26-24(4,5)6/h10-15,26,29H,9,16-17H2,1-8H3. The third kappa shape index (κ3) is 6.81. The average Bonchev–Trinajstić information content (AvgIpc) is 2.66. The van der Waals surface area contributed by atoms with Gasteiger partial charge in [0.1, 0.15) is 5.75 Å². The minimum absolute atomic E-state index is 0.000829. The van der Waals surface area contributed by atoms with Gasteiger partial charge in [-0.2, -0.15) is 0 Å². The fourth-order valence-corrected chi connectivity index (χ4v) is 4.91. The molecule has 0 saturated heterocycles. The van der Waals surface area contributed by atoms with Crippen LogP contribution in [0.1, 0.15) is 63.3 Å². The van der Waals surface area contributed by atoms with E-state index in [1.807, 2.05) is 0 Å². The maximum Gasteiger partial charge on any atom is 0.188 e. The molecule has 0 saturated carbocycles. The quantitative estimate of drug-likeness (QED) is 0.414. The number of rotatable bonds is 9. The molecule has 0 spiro atoms. The van der Waals surface area contributed by atoms with Crippen molar-refractivity contribution in [3.63, 3.8) is 0 Å². The van der Waals surface area contributed by atoms with Crippen LogP contribution in [0.15, 0.2) is 36.4 Å². The van der Waals surface area contributed by atoms with Crippen LogP contribution in [-0.2, 0) is 16.4 Å². The Morgan fingerprint density at radius 3 is 2.24 bits per heavy atom. The summed E-state index contributed by atoms with van der Waals surface area (Å²) in [6.45, 7) is 16.8. The Labute approximate surface area is 179 Å². The number of hydrogen-bond acceptors (Lipinski definition) is 3. The highest BCUT2D eigenvalue weighted by molar-refractivity contribution is 7.48. The highest BCUT2D eigenvalue weighted by Crippen LogP contribution is 2.48. The van der Waals surface area contributed by atoms with Crippen LogP contribution in [0.25, 0.3) is 0 Å². The predicted octanol–water partition coefficient (Wildman–Crippen LogP) is 5.80. The van der Waals surface area contributed by atoms with E-state index in [0.29, 0.717) is 8.58 Å². The van der Waals surface area contributed by atoms with Crippen molar-refractivity contribution in [3.8, 4) is 5.75 Å². The van der Waals surface area contributed by atoms with Gasteiger partial charge in [-0.25, -0.2) is 0 Å². The van der Waals surface area contributed by atoms with E-state index in [4.69, 9.17) is 9.47 Å². The number of hydrogen-bond donors (Lipinski definition) is 1. The van der Waals surface area contributed by atoms with Gasteiger partial charge < -0.3 is 14.8 Å². The van der Waals surface area contributed by atoms with Gasteiger partial charge in [0.25, 0.3) is 0 Å². The van der Waals surface area contributed by atoms with Gasteiger partial charge >= 0.3 is 0 Å². The first-order chi connectivity index (χ1) is 13.6. The minimum Gasteiger partial charge on any atom is -0.467 e. The molecule has 0 aromatic heterocycles. The molecule has 0 aliphatic heterocycles. The van der Waals surface area contributed by atoms with Crippen LogP contribution in [0.5, 0.6) is 5.75 Å². The minimum atomic E-state index is 0.000829. The van der Waals surface area contributed by atoms with Crippen molar-refractivity contribution in [1.29, 1.82) is 0 Å². The summed E-state index contributed by atoms with van der Waals surface area (Å²) in [6, 6.07) is 13.3. The van der Waals surface area contributed by atoms with Crippen LogP contribution in [0.3, 0.4) is 0 Å². The summed E-state index contributed by atoms with van der Waals surface area (Å²) in [5, 5.41) is 5.09. The second-order valence-electron chi connectivity index (χ2n) is 9.13. The molecule has 2 unspecified atom stereocenters. The van der Waals surface area contributed by atoms with Crippen molar-refractivity contribution in [2.45, 2.75) is 72.1 Å². The van der Waals surface area contributed by atoms with E-state index in [2.05, 4.69) is 90.2 Å². The van der Waals surface area contributed by atoms with Crippen molar-refractivity contribution >= 4 is 13.9 Å². The third-order valence-electron chi connectivity index (χ3n) is 5.25. The molecule has 2 rings (SSSR count). The summed E-state index contributed by atoms with van der Waals surface area (Å²) >= 11 is 0. The summed E-state index contributed by atoms with van der Waals surface area (Å²) in [5.74, 6) is 0.927. The largest absolute Gasteiger partial charge is 0.467 e. The van der Waals surface area contributed by atoms with Gasteiger partial charge in [-0.3, -0.25) is 0 Å². The lowest BCUT2D eigenvalue weighted by Crippen LogP contribution is -2.36. The zero-order valence-corrected chi connectivity index (χ0v) is 20.4. The van der Waals surface area contributed by atoms with E-state index in [9.17, 15) is 0 Å². The smallest absolute Gasteiger partial charge is 0.188 e. The van der Waals surface area contributed by atoms with Crippen LogP contribution in [0.4, 0.5) is 0 Å². The molecule has 0 aliphatic carbocycles. The Morgan fingerprint density at radius 1 is 0.966 bits per heavy atom. The number of aryl methyl sites for hydroxylation is 2. The Hall–Kier alpha value is -1.41. The lowest BCUT2D eigenvalue weighted by atomic mass is 9.95. The maximum atomic E-state index is 5.94. The number of methoxy groups -OCH3 is 1. The molecule has 3 nitrogen and oxygen atoms in total. The Morgan fingerprint density at radius 2 is 1.62 bits per heavy atom. The van der Waals surface area contributed by atoms with Crippen LogP contribution in [0.2, 0.25) is 0 Å². The molecule has 160 valence electrons. The van der Waals surface area contributed by atoms with Gasteiger partial charge in [-0.1, -0.05) is 63.9 Å². The van der Waals surface area contributed by atoms with Crippen LogP contribution in [-0.4, -0.2) is 19.4 Å². The molecule has 2 aromatic carbocycles. The highest BCUT2D eigenvalue weighted by atomic mass is 31.1. The normalized spacial score (nSPS) is 14.3. The van der Waals surface area contributed by atoms with Gasteiger partial charge in [-0.15, -0.1) is 0 Å². The lowest BCUT2D eigenvalue weighted by Gasteiger charge is -2.32. The molecule has 0 fully saturated rings. The van der Waals surface area contributed by atoms with Crippen LogP contribution < -0.4 is 15.4 Å². The van der Waals surface area contributed by atoms with Crippen molar-refractivity contribution < 1.29 is 9.47 Å². The van der Waals surface area contributed by atoms with Gasteiger partial charge in [0, 0.05) is 29.9 Å². The number of benzene rings is 2. The first-order valence-electron chi connectivity index (χ1n) is 10.4. The lowest BCUT2D eigenvalue weighted by molar-refractivity contribution is 0.0500. The van der Waals surface area contributed by atoms with Crippen molar-refractivity contribution in [3.05, 3.63) is 58.7 Å². The first-order valence-corrected chi connectivity index (χ1v) is 11.4. The first kappa shape index (κ1) is 23.9. The molecule has 0 amide bonds.